The van der Waals surface area contributed by atoms with E-state index in [9.17, 15) is 0 Å². The molecule has 0 saturated heterocycles. The Bertz CT molecular complexity index is 545. The fraction of sp³-hybridized carbons (Fsp3) is 0.267. The van der Waals surface area contributed by atoms with Crippen LogP contribution in [-0.4, -0.2) is 18.6 Å². The van der Waals surface area contributed by atoms with E-state index >= 15 is 0 Å². The van der Waals surface area contributed by atoms with Crippen LogP contribution in [0.3, 0.4) is 0 Å². The van der Waals surface area contributed by atoms with E-state index in [1.165, 1.54) is 0 Å². The van der Waals surface area contributed by atoms with Gasteiger partial charge in [0.1, 0.15) is 5.75 Å². The van der Waals surface area contributed by atoms with Crippen molar-refractivity contribution in [3.63, 3.8) is 0 Å². The summed E-state index contributed by atoms with van der Waals surface area (Å²) in [5, 5.41) is 3.90. The van der Waals surface area contributed by atoms with Crippen LogP contribution in [0.15, 0.2) is 42.6 Å². The molecule has 0 spiro atoms. The summed E-state index contributed by atoms with van der Waals surface area (Å²) in [7, 11) is 1.89. The average Bonchev–Trinajstić information content (AvgIpc) is 2.43. The first kappa shape index (κ1) is 13.8. The van der Waals surface area contributed by atoms with Crippen molar-refractivity contribution < 1.29 is 4.74 Å². The standard InChI is InChI=1S/C15H17ClN2O/c1-3-19-12-7-4-6-11(10-12)14(17-2)15-13(16)8-5-9-18-15/h4-10,14,17H,3H2,1-2H3. The molecule has 1 aromatic carbocycles. The smallest absolute Gasteiger partial charge is 0.119 e. The quantitative estimate of drug-likeness (QED) is 0.908. The van der Waals surface area contributed by atoms with Crippen LogP contribution in [0.25, 0.3) is 0 Å². The highest BCUT2D eigenvalue weighted by Gasteiger charge is 2.16. The molecule has 0 aliphatic carbocycles. The number of nitrogens with one attached hydrogen (secondary N) is 1. The molecule has 0 aliphatic rings. The van der Waals surface area contributed by atoms with Crippen molar-refractivity contribution >= 4 is 11.6 Å². The number of ether oxygens (including phenoxy) is 1. The lowest BCUT2D eigenvalue weighted by molar-refractivity contribution is 0.339. The van der Waals surface area contributed by atoms with Gasteiger partial charge in [0.05, 0.1) is 23.4 Å². The van der Waals surface area contributed by atoms with Crippen LogP contribution in [0.4, 0.5) is 0 Å². The molecule has 0 fully saturated rings. The lowest BCUT2D eigenvalue weighted by atomic mass is 10.0. The fourth-order valence-electron chi connectivity index (χ4n) is 2.02. The minimum absolute atomic E-state index is 0.0471. The van der Waals surface area contributed by atoms with Gasteiger partial charge in [-0.15, -0.1) is 0 Å². The minimum atomic E-state index is -0.0471. The van der Waals surface area contributed by atoms with Gasteiger partial charge in [0.2, 0.25) is 0 Å². The number of hydrogen-bond acceptors (Lipinski definition) is 3. The lowest BCUT2D eigenvalue weighted by Gasteiger charge is -2.18. The number of halogens is 1. The normalized spacial score (nSPS) is 12.2. The molecule has 1 aromatic heterocycles. The van der Waals surface area contributed by atoms with Gasteiger partial charge >= 0.3 is 0 Å². The van der Waals surface area contributed by atoms with E-state index in [1.807, 2.05) is 50.4 Å². The Labute approximate surface area is 118 Å². The van der Waals surface area contributed by atoms with Gasteiger partial charge in [-0.1, -0.05) is 23.7 Å². The van der Waals surface area contributed by atoms with Gasteiger partial charge in [-0.25, -0.2) is 0 Å². The zero-order valence-electron chi connectivity index (χ0n) is 11.1. The summed E-state index contributed by atoms with van der Waals surface area (Å²) < 4.78 is 5.53. The first-order valence-corrected chi connectivity index (χ1v) is 6.64. The van der Waals surface area contributed by atoms with E-state index in [4.69, 9.17) is 16.3 Å². The van der Waals surface area contributed by atoms with Crippen LogP contribution in [0.5, 0.6) is 5.75 Å². The molecule has 1 atom stereocenters. The number of benzene rings is 1. The van der Waals surface area contributed by atoms with Crippen molar-refractivity contribution in [1.29, 1.82) is 0 Å². The first-order chi connectivity index (χ1) is 9.26. The van der Waals surface area contributed by atoms with E-state index in [0.717, 1.165) is 17.0 Å². The Morgan fingerprint density at radius 3 is 2.84 bits per heavy atom. The predicted molar refractivity (Wildman–Crippen MR) is 77.8 cm³/mol. The second-order valence-electron chi connectivity index (χ2n) is 4.10. The van der Waals surface area contributed by atoms with Gasteiger partial charge in [0.15, 0.2) is 0 Å². The van der Waals surface area contributed by atoms with Crippen molar-refractivity contribution in [2.45, 2.75) is 13.0 Å². The summed E-state index contributed by atoms with van der Waals surface area (Å²) in [6.45, 7) is 2.62. The molecule has 1 heterocycles. The molecule has 100 valence electrons. The molecule has 0 saturated carbocycles. The van der Waals surface area contributed by atoms with Gasteiger partial charge in [0, 0.05) is 6.20 Å². The van der Waals surface area contributed by atoms with Crippen molar-refractivity contribution in [2.24, 2.45) is 0 Å². The number of rotatable bonds is 5. The van der Waals surface area contributed by atoms with Crippen LogP contribution in [0.1, 0.15) is 24.2 Å². The highest BCUT2D eigenvalue weighted by molar-refractivity contribution is 6.31. The molecule has 1 N–H and O–H groups in total. The van der Waals surface area contributed by atoms with Gasteiger partial charge in [-0.2, -0.15) is 0 Å². The van der Waals surface area contributed by atoms with Crippen molar-refractivity contribution in [3.8, 4) is 5.75 Å². The minimum Gasteiger partial charge on any atom is -0.494 e. The number of hydrogen-bond donors (Lipinski definition) is 1. The van der Waals surface area contributed by atoms with E-state index in [2.05, 4.69) is 10.3 Å². The molecule has 4 heteroatoms. The maximum atomic E-state index is 6.21. The molecule has 0 bridgehead atoms. The van der Waals surface area contributed by atoms with Gasteiger partial charge in [0.25, 0.3) is 0 Å². The van der Waals surface area contributed by atoms with E-state index in [1.54, 1.807) is 6.20 Å². The SMILES string of the molecule is CCOc1cccc(C(NC)c2ncccc2Cl)c1. The topological polar surface area (TPSA) is 34.1 Å². The largest absolute Gasteiger partial charge is 0.494 e. The summed E-state index contributed by atoms with van der Waals surface area (Å²) >= 11 is 6.21. The molecule has 0 amide bonds. The monoisotopic (exact) mass is 276 g/mol. The molecule has 0 aliphatic heterocycles. The van der Waals surface area contributed by atoms with E-state index in [-0.39, 0.29) is 6.04 Å². The van der Waals surface area contributed by atoms with Crippen LogP contribution in [0, 0.1) is 0 Å². The molecule has 2 rings (SSSR count). The highest BCUT2D eigenvalue weighted by Crippen LogP contribution is 2.28. The van der Waals surface area contributed by atoms with Crippen molar-refractivity contribution in [3.05, 3.63) is 58.9 Å². The van der Waals surface area contributed by atoms with E-state index in [0.29, 0.717) is 11.6 Å². The Balaban J connectivity index is 2.37. The molecule has 1 unspecified atom stereocenters. The third-order valence-electron chi connectivity index (χ3n) is 2.85. The predicted octanol–water partition coefficient (Wildman–Crippen LogP) is 3.44. The Hall–Kier alpha value is -1.58. The second-order valence-corrected chi connectivity index (χ2v) is 4.50. The fourth-order valence-corrected chi connectivity index (χ4v) is 2.25. The molecule has 19 heavy (non-hydrogen) atoms. The Kier molecular flexibility index (Phi) is 4.77. The molecule has 2 aromatic rings. The maximum Gasteiger partial charge on any atom is 0.119 e. The van der Waals surface area contributed by atoms with Crippen LogP contribution < -0.4 is 10.1 Å². The maximum absolute atomic E-state index is 6.21. The Morgan fingerprint density at radius 1 is 1.32 bits per heavy atom. The number of nitrogens with zero attached hydrogens (tertiary/aromatic N) is 1. The summed E-state index contributed by atoms with van der Waals surface area (Å²) in [6.07, 6.45) is 1.75. The second kappa shape index (κ2) is 6.55. The summed E-state index contributed by atoms with van der Waals surface area (Å²) in [5.41, 5.74) is 1.90. The third kappa shape index (κ3) is 3.25. The van der Waals surface area contributed by atoms with Gasteiger partial charge < -0.3 is 10.1 Å². The van der Waals surface area contributed by atoms with E-state index < -0.39 is 0 Å². The van der Waals surface area contributed by atoms with Crippen LogP contribution >= 0.6 is 11.6 Å². The summed E-state index contributed by atoms with van der Waals surface area (Å²) in [5.74, 6) is 0.854. The summed E-state index contributed by atoms with van der Waals surface area (Å²) in [6, 6.07) is 11.6. The molecular formula is C15H17ClN2O. The van der Waals surface area contributed by atoms with Crippen molar-refractivity contribution in [2.75, 3.05) is 13.7 Å². The van der Waals surface area contributed by atoms with Crippen molar-refractivity contribution in [1.82, 2.24) is 10.3 Å². The highest BCUT2D eigenvalue weighted by atomic mass is 35.5. The van der Waals surface area contributed by atoms with Crippen LogP contribution in [0.2, 0.25) is 5.02 Å². The lowest BCUT2D eigenvalue weighted by Crippen LogP contribution is -2.19. The average molecular weight is 277 g/mol. The van der Waals surface area contributed by atoms with Crippen LogP contribution in [-0.2, 0) is 0 Å². The number of aromatic nitrogens is 1. The molecule has 3 nitrogen and oxygen atoms in total. The zero-order valence-corrected chi connectivity index (χ0v) is 11.8. The van der Waals surface area contributed by atoms with Gasteiger partial charge in [-0.3, -0.25) is 4.98 Å². The third-order valence-corrected chi connectivity index (χ3v) is 3.17. The van der Waals surface area contributed by atoms with Gasteiger partial charge in [-0.05, 0) is 43.8 Å². The zero-order chi connectivity index (χ0) is 13.7. The molecule has 0 radical (unpaired) electrons. The number of pyridine rings is 1. The Morgan fingerprint density at radius 2 is 2.16 bits per heavy atom. The first-order valence-electron chi connectivity index (χ1n) is 6.26. The summed E-state index contributed by atoms with van der Waals surface area (Å²) in [4.78, 5) is 4.37. The molecular weight excluding hydrogens is 260 g/mol.